The lowest BCUT2D eigenvalue weighted by Crippen LogP contribution is -2.25. The molecule has 2 unspecified atom stereocenters. The number of rotatable bonds is 6. The summed E-state index contributed by atoms with van der Waals surface area (Å²) in [6.45, 7) is 0. The summed E-state index contributed by atoms with van der Waals surface area (Å²) in [5, 5.41) is 9.13. The lowest BCUT2D eigenvalue weighted by atomic mass is 9.98. The molecule has 0 aromatic heterocycles. The molecular formula is C27H23FN4O3S. The fourth-order valence-corrected chi connectivity index (χ4v) is 5.16. The lowest BCUT2D eigenvalue weighted by Gasteiger charge is -2.23. The van der Waals surface area contributed by atoms with E-state index in [1.165, 1.54) is 36.0 Å². The van der Waals surface area contributed by atoms with E-state index in [4.69, 9.17) is 9.84 Å². The Kier molecular flexibility index (Phi) is 6.81. The van der Waals surface area contributed by atoms with Gasteiger partial charge in [-0.2, -0.15) is 10.1 Å². The maximum atomic E-state index is 13.1. The van der Waals surface area contributed by atoms with E-state index >= 15 is 0 Å². The Morgan fingerprint density at radius 1 is 1.08 bits per heavy atom. The van der Waals surface area contributed by atoms with Gasteiger partial charge in [-0.05, 0) is 47.5 Å². The quantitative estimate of drug-likeness (QED) is 0.512. The van der Waals surface area contributed by atoms with Crippen molar-refractivity contribution in [1.29, 1.82) is 0 Å². The van der Waals surface area contributed by atoms with Gasteiger partial charge in [0.2, 0.25) is 5.91 Å². The topological polar surface area (TPSA) is 83.4 Å². The molecule has 3 aromatic carbocycles. The normalized spacial score (nSPS) is 19.2. The maximum absolute atomic E-state index is 13.1. The number of carbonyl (C=O) groups is 2. The Balaban J connectivity index is 1.34. The van der Waals surface area contributed by atoms with E-state index in [-0.39, 0.29) is 30.1 Å². The van der Waals surface area contributed by atoms with Crippen LogP contribution in [0.15, 0.2) is 89.0 Å². The molecule has 0 aliphatic carbocycles. The van der Waals surface area contributed by atoms with E-state index in [9.17, 15) is 14.0 Å². The number of ether oxygens (including phenoxy) is 1. The zero-order chi connectivity index (χ0) is 25.1. The summed E-state index contributed by atoms with van der Waals surface area (Å²) < 4.78 is 18.4. The smallest absolute Gasteiger partial charge is 0.262 e. The van der Waals surface area contributed by atoms with E-state index in [1.54, 1.807) is 12.1 Å². The van der Waals surface area contributed by atoms with Gasteiger partial charge in [-0.15, -0.1) is 0 Å². The van der Waals surface area contributed by atoms with Crippen LogP contribution in [0.5, 0.6) is 5.75 Å². The van der Waals surface area contributed by atoms with Crippen molar-refractivity contribution in [2.45, 2.75) is 24.1 Å². The van der Waals surface area contributed by atoms with E-state index < -0.39 is 5.25 Å². The highest BCUT2D eigenvalue weighted by Gasteiger charge is 2.39. The summed E-state index contributed by atoms with van der Waals surface area (Å²) in [7, 11) is 1.62. The van der Waals surface area contributed by atoms with Crippen LogP contribution in [0.4, 0.5) is 10.1 Å². The zero-order valence-corrected chi connectivity index (χ0v) is 20.2. The number of nitrogens with one attached hydrogen (secondary N) is 1. The lowest BCUT2D eigenvalue weighted by molar-refractivity contribution is -0.121. The van der Waals surface area contributed by atoms with E-state index in [1.807, 2.05) is 54.6 Å². The average molecular weight is 503 g/mol. The monoisotopic (exact) mass is 502 g/mol. The average Bonchev–Trinajstić information content (AvgIpc) is 3.50. The minimum absolute atomic E-state index is 0.0514. The highest BCUT2D eigenvalue weighted by atomic mass is 32.2. The van der Waals surface area contributed by atoms with Crippen molar-refractivity contribution >= 4 is 40.1 Å². The standard InChI is InChI=1S/C27H23FN4O3S/c1-35-21-13-7-18(8-14-21)23-15-22(17-5-3-2-4-6-17)31-32(23)27-30-26(34)24(36-27)16-25(33)29-20-11-9-19(28)10-12-20/h2-14,23-24H,15-16H2,1H3,(H,29,33). The third-order valence-corrected chi connectivity index (χ3v) is 7.08. The third-order valence-electron chi connectivity index (χ3n) is 5.94. The first kappa shape index (κ1) is 23.7. The van der Waals surface area contributed by atoms with E-state index in [0.717, 1.165) is 22.6 Å². The first-order valence-electron chi connectivity index (χ1n) is 11.4. The van der Waals surface area contributed by atoms with Crippen molar-refractivity contribution in [2.75, 3.05) is 12.4 Å². The molecule has 0 radical (unpaired) electrons. The molecule has 0 saturated carbocycles. The Morgan fingerprint density at radius 3 is 2.50 bits per heavy atom. The van der Waals surface area contributed by atoms with Crippen molar-refractivity contribution in [3.8, 4) is 5.75 Å². The molecule has 2 aliphatic heterocycles. The number of carbonyl (C=O) groups excluding carboxylic acids is 2. The summed E-state index contributed by atoms with van der Waals surface area (Å²) in [6, 6.07) is 23.0. The van der Waals surface area contributed by atoms with Crippen molar-refractivity contribution in [1.82, 2.24) is 5.01 Å². The second-order valence-corrected chi connectivity index (χ2v) is 9.52. The predicted molar refractivity (Wildman–Crippen MR) is 139 cm³/mol. The number of thioether (sulfide) groups is 1. The number of anilines is 1. The Bertz CT molecular complexity index is 1330. The molecule has 2 heterocycles. The van der Waals surface area contributed by atoms with Gasteiger partial charge in [0.25, 0.3) is 5.91 Å². The fourth-order valence-electron chi connectivity index (χ4n) is 4.10. The minimum atomic E-state index is -0.659. The molecule has 0 bridgehead atoms. The van der Waals surface area contributed by atoms with Crippen molar-refractivity contribution in [3.63, 3.8) is 0 Å². The Morgan fingerprint density at radius 2 is 1.81 bits per heavy atom. The van der Waals surface area contributed by atoms with Gasteiger partial charge in [0, 0.05) is 18.5 Å². The summed E-state index contributed by atoms with van der Waals surface area (Å²) in [5.41, 5.74) is 3.38. The van der Waals surface area contributed by atoms with Gasteiger partial charge >= 0.3 is 0 Å². The van der Waals surface area contributed by atoms with Gasteiger partial charge in [-0.1, -0.05) is 54.2 Å². The molecule has 5 rings (SSSR count). The second-order valence-electron chi connectivity index (χ2n) is 8.35. The number of nitrogens with zero attached hydrogens (tertiary/aromatic N) is 3. The van der Waals surface area contributed by atoms with E-state index in [2.05, 4.69) is 10.3 Å². The number of halogens is 1. The SMILES string of the molecule is COc1ccc(C2CC(c3ccccc3)=NN2C2=NC(=O)C(CC(=O)Nc3ccc(F)cc3)S2)cc1. The van der Waals surface area contributed by atoms with Crippen LogP contribution in [-0.4, -0.2) is 40.1 Å². The number of methoxy groups -OCH3 is 1. The highest BCUT2D eigenvalue weighted by Crippen LogP contribution is 2.39. The van der Waals surface area contributed by atoms with Gasteiger partial charge in [-0.3, -0.25) is 9.59 Å². The second kappa shape index (κ2) is 10.3. The van der Waals surface area contributed by atoms with Crippen LogP contribution in [0.2, 0.25) is 0 Å². The number of hydrogen-bond acceptors (Lipinski definition) is 6. The molecule has 182 valence electrons. The molecule has 2 atom stereocenters. The number of benzene rings is 3. The largest absolute Gasteiger partial charge is 0.497 e. The molecule has 9 heteroatoms. The summed E-state index contributed by atoms with van der Waals surface area (Å²) in [5.74, 6) is -0.353. The van der Waals surface area contributed by atoms with Crippen LogP contribution >= 0.6 is 11.8 Å². The molecule has 7 nitrogen and oxygen atoms in total. The molecule has 36 heavy (non-hydrogen) atoms. The molecule has 2 amide bonds. The van der Waals surface area contributed by atoms with Gasteiger partial charge < -0.3 is 10.1 Å². The molecule has 1 N–H and O–H groups in total. The number of hydrogen-bond donors (Lipinski definition) is 1. The number of amidine groups is 1. The van der Waals surface area contributed by atoms with Crippen LogP contribution in [0.3, 0.4) is 0 Å². The Labute approximate surface area is 212 Å². The zero-order valence-electron chi connectivity index (χ0n) is 19.4. The molecule has 0 spiro atoms. The van der Waals surface area contributed by atoms with Crippen LogP contribution < -0.4 is 10.1 Å². The van der Waals surface area contributed by atoms with Crippen LogP contribution in [-0.2, 0) is 9.59 Å². The summed E-state index contributed by atoms with van der Waals surface area (Å²) >= 11 is 1.23. The number of hydrazone groups is 1. The minimum Gasteiger partial charge on any atom is -0.497 e. The Hall–Kier alpha value is -3.98. The fraction of sp³-hybridized carbons (Fsp3) is 0.185. The first-order valence-corrected chi connectivity index (χ1v) is 12.3. The van der Waals surface area contributed by atoms with Crippen molar-refractivity contribution in [3.05, 3.63) is 95.8 Å². The molecule has 0 fully saturated rings. The van der Waals surface area contributed by atoms with Gasteiger partial charge in [-0.25, -0.2) is 9.40 Å². The van der Waals surface area contributed by atoms with Crippen molar-refractivity contribution < 1.29 is 18.7 Å². The van der Waals surface area contributed by atoms with Crippen molar-refractivity contribution in [2.24, 2.45) is 10.1 Å². The number of aliphatic imine (C=N–C) groups is 1. The first-order chi connectivity index (χ1) is 17.5. The molecule has 2 aliphatic rings. The highest BCUT2D eigenvalue weighted by molar-refractivity contribution is 8.15. The molecular weight excluding hydrogens is 479 g/mol. The van der Waals surface area contributed by atoms with Crippen LogP contribution in [0.1, 0.15) is 30.0 Å². The molecule has 3 aromatic rings. The molecule has 0 saturated heterocycles. The van der Waals surface area contributed by atoms with Crippen LogP contribution in [0.25, 0.3) is 0 Å². The maximum Gasteiger partial charge on any atom is 0.262 e. The summed E-state index contributed by atoms with van der Waals surface area (Å²) in [6.07, 6.45) is 0.587. The van der Waals surface area contributed by atoms with E-state index in [0.29, 0.717) is 17.3 Å². The third kappa shape index (κ3) is 5.16. The van der Waals surface area contributed by atoms with Gasteiger partial charge in [0.15, 0.2) is 5.17 Å². The number of amides is 2. The van der Waals surface area contributed by atoms with Gasteiger partial charge in [0.1, 0.15) is 16.8 Å². The predicted octanol–water partition coefficient (Wildman–Crippen LogP) is 5.01. The summed E-state index contributed by atoms with van der Waals surface area (Å²) in [4.78, 5) is 29.5. The van der Waals surface area contributed by atoms with Crippen LogP contribution in [0, 0.1) is 5.82 Å². The van der Waals surface area contributed by atoms with Gasteiger partial charge in [0.05, 0.1) is 18.9 Å².